The number of ether oxygens (including phenoxy) is 2. The molecule has 4 atom stereocenters. The van der Waals surface area contributed by atoms with Crippen LogP contribution in [0.3, 0.4) is 0 Å². The lowest BCUT2D eigenvalue weighted by Gasteiger charge is -2.28. The highest BCUT2D eigenvalue weighted by atomic mass is 79.9. The van der Waals surface area contributed by atoms with E-state index in [1.54, 1.807) is 0 Å². The summed E-state index contributed by atoms with van der Waals surface area (Å²) in [6.07, 6.45) is -4.95. The molecule has 0 radical (unpaired) electrons. The second kappa shape index (κ2) is 11.8. The minimum absolute atomic E-state index is 0.0873. The van der Waals surface area contributed by atoms with E-state index in [2.05, 4.69) is 31.9 Å². The van der Waals surface area contributed by atoms with E-state index in [1.807, 2.05) is 48.5 Å². The van der Waals surface area contributed by atoms with Gasteiger partial charge in [0.2, 0.25) is 0 Å². The van der Waals surface area contributed by atoms with Crippen LogP contribution in [0, 0.1) is 0 Å². The first-order valence-corrected chi connectivity index (χ1v) is 10.2. The lowest BCUT2D eigenvalue weighted by atomic mass is 10.0. The summed E-state index contributed by atoms with van der Waals surface area (Å²) in [5.74, 6) is 0. The monoisotopic (exact) mass is 516 g/mol. The van der Waals surface area contributed by atoms with Gasteiger partial charge < -0.3 is 29.6 Å². The van der Waals surface area contributed by atoms with Crippen molar-refractivity contribution in [2.24, 2.45) is 0 Å². The Hall–Kier alpha value is -1.13. The van der Waals surface area contributed by atoms with Crippen LogP contribution in [-0.2, 0) is 27.5 Å². The maximum Gasteiger partial charge on any atom is 0.151 e. The van der Waals surface area contributed by atoms with Crippen LogP contribution in [0.5, 0.6) is 0 Å². The summed E-state index contributed by atoms with van der Waals surface area (Å²) >= 11 is 6.67. The molecule has 0 aliphatic heterocycles. The van der Waals surface area contributed by atoms with Crippen molar-refractivity contribution in [3.63, 3.8) is 0 Å². The minimum Gasteiger partial charge on any atom is -0.394 e. The predicted molar refractivity (Wildman–Crippen MR) is 111 cm³/mol. The third kappa shape index (κ3) is 7.04. The minimum atomic E-state index is -1.55. The molecule has 0 aromatic heterocycles. The van der Waals surface area contributed by atoms with E-state index < -0.39 is 31.0 Å². The van der Waals surface area contributed by atoms with Crippen molar-refractivity contribution < 1.29 is 29.6 Å². The summed E-state index contributed by atoms with van der Waals surface area (Å²) in [6.45, 7) is -0.301. The molecular weight excluding hydrogens is 496 g/mol. The van der Waals surface area contributed by atoms with Gasteiger partial charge in [0.05, 0.1) is 19.8 Å². The number of hydrogen-bond donors (Lipinski definition) is 3. The molecule has 0 heterocycles. The molecule has 0 saturated carbocycles. The third-order valence-electron chi connectivity index (χ3n) is 4.11. The first kappa shape index (κ1) is 23.2. The Morgan fingerprint density at radius 3 is 1.71 bits per heavy atom. The Balaban J connectivity index is 1.91. The summed E-state index contributed by atoms with van der Waals surface area (Å²) in [5.41, 5.74) is 1.64. The zero-order valence-electron chi connectivity index (χ0n) is 14.9. The van der Waals surface area contributed by atoms with Gasteiger partial charge in [-0.1, -0.05) is 56.1 Å². The highest BCUT2D eigenvalue weighted by Gasteiger charge is 2.33. The highest BCUT2D eigenvalue weighted by molar-refractivity contribution is 9.10. The third-order valence-corrected chi connectivity index (χ3v) is 5.17. The fourth-order valence-electron chi connectivity index (χ4n) is 2.45. The summed E-state index contributed by atoms with van der Waals surface area (Å²) in [7, 11) is 0. The maximum atomic E-state index is 11.3. The number of halogens is 2. The molecule has 3 N–H and O–H groups in total. The molecule has 0 bridgehead atoms. The quantitative estimate of drug-likeness (QED) is 0.396. The van der Waals surface area contributed by atoms with Crippen molar-refractivity contribution in [3.05, 3.63) is 68.6 Å². The summed E-state index contributed by atoms with van der Waals surface area (Å²) in [5, 5.41) is 30.2. The fourth-order valence-corrected chi connectivity index (χ4v) is 2.98. The average molecular weight is 518 g/mol. The molecular formula is C20H22Br2O6. The zero-order chi connectivity index (χ0) is 20.5. The summed E-state index contributed by atoms with van der Waals surface area (Å²) in [6, 6.07) is 14.6. The lowest BCUT2D eigenvalue weighted by molar-refractivity contribution is -0.157. The van der Waals surface area contributed by atoms with Gasteiger partial charge in [-0.25, -0.2) is 0 Å². The van der Waals surface area contributed by atoms with Crippen LogP contribution in [-0.4, -0.2) is 52.6 Å². The van der Waals surface area contributed by atoms with Gasteiger partial charge >= 0.3 is 0 Å². The Morgan fingerprint density at radius 1 is 0.821 bits per heavy atom. The average Bonchev–Trinajstić information content (AvgIpc) is 2.71. The van der Waals surface area contributed by atoms with E-state index in [1.165, 1.54) is 0 Å². The molecule has 0 aliphatic rings. The standard InChI is InChI=1S/C20H22Br2O6/c21-15-5-1-13(2-6-15)11-27-17(9-23)19(25)20(26)18(10-24)28-12-14-3-7-16(22)8-4-14/h1-9,17-20,24-26H,10-12H2/t17-,18-,19-,20-/m0/s1. The van der Waals surface area contributed by atoms with E-state index >= 15 is 0 Å². The molecule has 2 aromatic carbocycles. The number of hydrogen-bond acceptors (Lipinski definition) is 6. The van der Waals surface area contributed by atoms with Gasteiger partial charge in [0.15, 0.2) is 6.29 Å². The van der Waals surface area contributed by atoms with Crippen molar-refractivity contribution in [2.75, 3.05) is 6.61 Å². The molecule has 0 aliphatic carbocycles. The van der Waals surface area contributed by atoms with E-state index in [4.69, 9.17) is 9.47 Å². The van der Waals surface area contributed by atoms with Crippen molar-refractivity contribution in [1.82, 2.24) is 0 Å². The number of aliphatic hydroxyl groups excluding tert-OH is 3. The Morgan fingerprint density at radius 2 is 1.29 bits per heavy atom. The number of carbonyl (C=O) groups excluding carboxylic acids is 1. The fraction of sp³-hybridized carbons (Fsp3) is 0.350. The van der Waals surface area contributed by atoms with Crippen LogP contribution in [0.1, 0.15) is 11.1 Å². The molecule has 2 rings (SSSR count). The van der Waals surface area contributed by atoms with Crippen LogP contribution in [0.15, 0.2) is 57.5 Å². The number of carbonyl (C=O) groups is 1. The largest absolute Gasteiger partial charge is 0.394 e. The second-order valence-corrected chi connectivity index (χ2v) is 8.01. The van der Waals surface area contributed by atoms with Crippen LogP contribution in [0.25, 0.3) is 0 Å². The van der Waals surface area contributed by atoms with Crippen LogP contribution in [0.4, 0.5) is 0 Å². The molecule has 152 valence electrons. The van der Waals surface area contributed by atoms with Gasteiger partial charge in [-0.15, -0.1) is 0 Å². The first-order valence-electron chi connectivity index (χ1n) is 8.59. The first-order chi connectivity index (χ1) is 13.4. The van der Waals surface area contributed by atoms with Crippen molar-refractivity contribution in [1.29, 1.82) is 0 Å². The van der Waals surface area contributed by atoms with Crippen LogP contribution >= 0.6 is 31.9 Å². The van der Waals surface area contributed by atoms with Crippen molar-refractivity contribution in [3.8, 4) is 0 Å². The maximum absolute atomic E-state index is 11.3. The molecule has 28 heavy (non-hydrogen) atoms. The molecule has 2 aromatic rings. The molecule has 0 amide bonds. The number of aliphatic hydroxyl groups is 3. The summed E-state index contributed by atoms with van der Waals surface area (Å²) < 4.78 is 12.8. The molecule has 8 heteroatoms. The Kier molecular flexibility index (Phi) is 9.73. The molecule has 0 spiro atoms. The van der Waals surface area contributed by atoms with Crippen LogP contribution in [0.2, 0.25) is 0 Å². The highest BCUT2D eigenvalue weighted by Crippen LogP contribution is 2.16. The van der Waals surface area contributed by atoms with Gasteiger partial charge in [0.25, 0.3) is 0 Å². The molecule has 0 saturated heterocycles. The number of rotatable bonds is 11. The van der Waals surface area contributed by atoms with Crippen molar-refractivity contribution in [2.45, 2.75) is 37.6 Å². The van der Waals surface area contributed by atoms with Gasteiger partial charge in [0, 0.05) is 8.95 Å². The molecule has 6 nitrogen and oxygen atoms in total. The van der Waals surface area contributed by atoms with E-state index in [-0.39, 0.29) is 13.2 Å². The normalized spacial score (nSPS) is 15.6. The summed E-state index contributed by atoms with van der Waals surface area (Å²) in [4.78, 5) is 11.3. The Labute approximate surface area is 180 Å². The van der Waals surface area contributed by atoms with Gasteiger partial charge in [-0.3, -0.25) is 0 Å². The van der Waals surface area contributed by atoms with E-state index in [9.17, 15) is 20.1 Å². The predicted octanol–water partition coefficient (Wildman–Crippen LogP) is 2.60. The van der Waals surface area contributed by atoms with E-state index in [0.717, 1.165) is 20.1 Å². The van der Waals surface area contributed by atoms with Crippen molar-refractivity contribution >= 4 is 38.1 Å². The molecule has 0 fully saturated rings. The Bertz CT molecular complexity index is 722. The van der Waals surface area contributed by atoms with Crippen LogP contribution < -0.4 is 0 Å². The lowest BCUT2D eigenvalue weighted by Crippen LogP contribution is -2.48. The van der Waals surface area contributed by atoms with Gasteiger partial charge in [0.1, 0.15) is 24.4 Å². The number of benzene rings is 2. The van der Waals surface area contributed by atoms with Gasteiger partial charge in [-0.2, -0.15) is 0 Å². The second-order valence-electron chi connectivity index (χ2n) is 6.18. The van der Waals surface area contributed by atoms with E-state index in [0.29, 0.717) is 6.29 Å². The molecule has 0 unspecified atom stereocenters. The SMILES string of the molecule is O=C[C@H](OCc1ccc(Br)cc1)[C@H](O)[C@@H](O)[C@H](CO)OCc1ccc(Br)cc1. The zero-order valence-corrected chi connectivity index (χ0v) is 18.1. The smallest absolute Gasteiger partial charge is 0.151 e. The van der Waals surface area contributed by atoms with Gasteiger partial charge in [-0.05, 0) is 35.4 Å². The topological polar surface area (TPSA) is 96.2 Å². The number of aldehydes is 1.